The van der Waals surface area contributed by atoms with Crippen molar-refractivity contribution >= 4 is 15.9 Å². The lowest BCUT2D eigenvalue weighted by molar-refractivity contribution is 0.0625. The van der Waals surface area contributed by atoms with E-state index in [0.717, 1.165) is 10.9 Å². The molecule has 0 rings (SSSR count). The van der Waals surface area contributed by atoms with Gasteiger partial charge in [-0.2, -0.15) is 0 Å². The van der Waals surface area contributed by atoms with Gasteiger partial charge >= 0.3 is 0 Å². The first-order valence-corrected chi connectivity index (χ1v) is 5.59. The second-order valence-corrected chi connectivity index (χ2v) is 3.88. The summed E-state index contributed by atoms with van der Waals surface area (Å²) in [6, 6.07) is 0. The molecule has 0 saturated carbocycles. The first kappa shape index (κ1) is 13.1. The van der Waals surface area contributed by atoms with Crippen molar-refractivity contribution in [1.29, 1.82) is 0 Å². The van der Waals surface area contributed by atoms with E-state index < -0.39 is 0 Å². The van der Waals surface area contributed by atoms with Gasteiger partial charge in [0, 0.05) is 4.48 Å². The van der Waals surface area contributed by atoms with E-state index in [9.17, 15) is 0 Å². The first-order valence-electron chi connectivity index (χ1n) is 4.80. The van der Waals surface area contributed by atoms with Crippen LogP contribution in [0.1, 0.15) is 33.1 Å². The van der Waals surface area contributed by atoms with Gasteiger partial charge in [-0.15, -0.1) is 0 Å². The molecule has 13 heavy (non-hydrogen) atoms. The van der Waals surface area contributed by atoms with Crippen LogP contribution in [0, 0.1) is 0 Å². The highest BCUT2D eigenvalue weighted by molar-refractivity contribution is 9.11. The van der Waals surface area contributed by atoms with E-state index in [1.54, 1.807) is 0 Å². The molecule has 1 atom stereocenters. The molecule has 1 unspecified atom stereocenters. The Labute approximate surface area is 89.1 Å². The Morgan fingerprint density at radius 3 is 2.85 bits per heavy atom. The van der Waals surface area contributed by atoms with E-state index in [4.69, 9.17) is 9.84 Å². The zero-order chi connectivity index (χ0) is 10.1. The summed E-state index contributed by atoms with van der Waals surface area (Å²) in [4.78, 5) is 0. The van der Waals surface area contributed by atoms with E-state index in [1.807, 2.05) is 6.92 Å². The SMILES string of the molecule is CCCC/C=C(/Br)C(C)OCCO. The molecular formula is C10H19BrO2. The lowest BCUT2D eigenvalue weighted by Gasteiger charge is -2.11. The molecule has 0 radical (unpaired) electrons. The molecule has 0 fully saturated rings. The lowest BCUT2D eigenvalue weighted by Crippen LogP contribution is -2.11. The number of hydrogen-bond acceptors (Lipinski definition) is 2. The average Bonchev–Trinajstić information content (AvgIpc) is 2.14. The Hall–Kier alpha value is 0.140. The maximum atomic E-state index is 8.55. The van der Waals surface area contributed by atoms with Gasteiger partial charge in [0.25, 0.3) is 0 Å². The summed E-state index contributed by atoms with van der Waals surface area (Å²) < 4.78 is 6.40. The molecule has 0 aliphatic heterocycles. The van der Waals surface area contributed by atoms with Crippen LogP contribution in [-0.4, -0.2) is 24.4 Å². The molecule has 0 amide bonds. The van der Waals surface area contributed by atoms with Crippen LogP contribution in [0.2, 0.25) is 0 Å². The number of aliphatic hydroxyl groups excluding tert-OH is 1. The largest absolute Gasteiger partial charge is 0.394 e. The second kappa shape index (κ2) is 8.73. The summed E-state index contributed by atoms with van der Waals surface area (Å²) in [5.41, 5.74) is 0. The monoisotopic (exact) mass is 250 g/mol. The normalized spacial score (nSPS) is 14.6. The summed E-state index contributed by atoms with van der Waals surface area (Å²) in [6.45, 7) is 4.63. The van der Waals surface area contributed by atoms with E-state index in [2.05, 4.69) is 28.9 Å². The van der Waals surface area contributed by atoms with Crippen LogP contribution in [0.3, 0.4) is 0 Å². The minimum atomic E-state index is 0.0593. The smallest absolute Gasteiger partial charge is 0.0859 e. The van der Waals surface area contributed by atoms with Crippen molar-refractivity contribution in [1.82, 2.24) is 0 Å². The highest BCUT2D eigenvalue weighted by Crippen LogP contribution is 2.15. The third-order valence-corrected chi connectivity index (χ3v) is 2.71. The third-order valence-electron chi connectivity index (χ3n) is 1.74. The fraction of sp³-hybridized carbons (Fsp3) is 0.800. The number of ether oxygens (including phenoxy) is 1. The molecule has 0 aliphatic carbocycles. The van der Waals surface area contributed by atoms with Gasteiger partial charge in [0.2, 0.25) is 0 Å². The van der Waals surface area contributed by atoms with Crippen molar-refractivity contribution in [3.8, 4) is 0 Å². The fourth-order valence-electron chi connectivity index (χ4n) is 0.919. The van der Waals surface area contributed by atoms with Gasteiger partial charge in [0.15, 0.2) is 0 Å². The van der Waals surface area contributed by atoms with Gasteiger partial charge < -0.3 is 9.84 Å². The predicted octanol–water partition coefficient (Wildman–Crippen LogP) is 2.85. The molecule has 0 bridgehead atoms. The maximum Gasteiger partial charge on any atom is 0.0859 e. The highest BCUT2D eigenvalue weighted by Gasteiger charge is 2.04. The average molecular weight is 251 g/mol. The number of hydrogen-bond donors (Lipinski definition) is 1. The first-order chi connectivity index (χ1) is 6.22. The molecule has 2 nitrogen and oxygen atoms in total. The number of rotatable bonds is 7. The minimum Gasteiger partial charge on any atom is -0.394 e. The molecule has 1 N–H and O–H groups in total. The molecule has 0 aromatic carbocycles. The van der Waals surface area contributed by atoms with Gasteiger partial charge in [0.1, 0.15) is 0 Å². The van der Waals surface area contributed by atoms with Crippen LogP contribution in [0.25, 0.3) is 0 Å². The van der Waals surface area contributed by atoms with Gasteiger partial charge in [-0.25, -0.2) is 0 Å². The quantitative estimate of drug-likeness (QED) is 0.705. The summed E-state index contributed by atoms with van der Waals surface area (Å²) in [6.07, 6.45) is 5.71. The Bertz CT molecular complexity index is 146. The summed E-state index contributed by atoms with van der Waals surface area (Å²) >= 11 is 3.46. The molecule has 0 aromatic rings. The van der Waals surface area contributed by atoms with Gasteiger partial charge in [-0.3, -0.25) is 0 Å². The van der Waals surface area contributed by atoms with Crippen LogP contribution >= 0.6 is 15.9 Å². The Morgan fingerprint density at radius 2 is 2.31 bits per heavy atom. The minimum absolute atomic E-state index is 0.0593. The molecule has 0 spiro atoms. The van der Waals surface area contributed by atoms with Crippen LogP contribution in [0.15, 0.2) is 10.6 Å². The molecule has 0 aliphatic rings. The fourth-order valence-corrected chi connectivity index (χ4v) is 1.28. The third kappa shape index (κ3) is 7.23. The standard InChI is InChI=1S/C10H19BrO2/c1-3-4-5-6-10(11)9(2)13-8-7-12/h6,9,12H,3-5,7-8H2,1-2H3/b10-6+. The number of halogens is 1. The van der Waals surface area contributed by atoms with Crippen molar-refractivity contribution in [2.24, 2.45) is 0 Å². The van der Waals surface area contributed by atoms with Crippen molar-refractivity contribution < 1.29 is 9.84 Å². The molecule has 0 aromatic heterocycles. The topological polar surface area (TPSA) is 29.5 Å². The second-order valence-electron chi connectivity index (χ2n) is 2.97. The van der Waals surface area contributed by atoms with Crippen LogP contribution in [0.5, 0.6) is 0 Å². The Morgan fingerprint density at radius 1 is 1.62 bits per heavy atom. The van der Waals surface area contributed by atoms with E-state index in [1.165, 1.54) is 12.8 Å². The van der Waals surface area contributed by atoms with Crippen molar-refractivity contribution in [3.05, 3.63) is 10.6 Å². The van der Waals surface area contributed by atoms with E-state index in [-0.39, 0.29) is 12.7 Å². The van der Waals surface area contributed by atoms with E-state index in [0.29, 0.717) is 6.61 Å². The van der Waals surface area contributed by atoms with Crippen molar-refractivity contribution in [2.75, 3.05) is 13.2 Å². The molecular weight excluding hydrogens is 232 g/mol. The number of aliphatic hydroxyl groups is 1. The van der Waals surface area contributed by atoms with Gasteiger partial charge in [-0.1, -0.05) is 41.8 Å². The zero-order valence-electron chi connectivity index (χ0n) is 8.42. The van der Waals surface area contributed by atoms with Crippen LogP contribution in [0.4, 0.5) is 0 Å². The Kier molecular flexibility index (Phi) is 8.82. The molecule has 0 heterocycles. The van der Waals surface area contributed by atoms with E-state index >= 15 is 0 Å². The van der Waals surface area contributed by atoms with Crippen molar-refractivity contribution in [3.63, 3.8) is 0 Å². The van der Waals surface area contributed by atoms with Crippen LogP contribution < -0.4 is 0 Å². The summed E-state index contributed by atoms with van der Waals surface area (Å²) in [5.74, 6) is 0. The maximum absolute atomic E-state index is 8.55. The number of allylic oxidation sites excluding steroid dienone is 1. The molecule has 0 saturated heterocycles. The molecule has 3 heteroatoms. The van der Waals surface area contributed by atoms with Crippen LogP contribution in [-0.2, 0) is 4.74 Å². The number of unbranched alkanes of at least 4 members (excludes halogenated alkanes) is 2. The zero-order valence-corrected chi connectivity index (χ0v) is 10.0. The molecule has 78 valence electrons. The van der Waals surface area contributed by atoms with Gasteiger partial charge in [0.05, 0.1) is 19.3 Å². The summed E-state index contributed by atoms with van der Waals surface area (Å²) in [7, 11) is 0. The van der Waals surface area contributed by atoms with Gasteiger partial charge in [-0.05, 0) is 13.3 Å². The highest BCUT2D eigenvalue weighted by atomic mass is 79.9. The Balaban J connectivity index is 3.65. The predicted molar refractivity (Wildman–Crippen MR) is 59.0 cm³/mol. The summed E-state index contributed by atoms with van der Waals surface area (Å²) in [5, 5.41) is 8.55. The van der Waals surface area contributed by atoms with Crippen molar-refractivity contribution in [2.45, 2.75) is 39.2 Å². The lowest BCUT2D eigenvalue weighted by atomic mass is 10.2.